The molecule has 2 nitrogen and oxygen atoms in total. The maximum atomic E-state index is 11.3. The number of allylic oxidation sites excluding steroid dienone is 1. The molecular weight excluding hydrogens is 186 g/mol. The number of hydrogen-bond acceptors (Lipinski definition) is 2. The van der Waals surface area contributed by atoms with Crippen molar-refractivity contribution in [2.75, 3.05) is 11.9 Å². The first kappa shape index (κ1) is 11.5. The number of para-hydroxylation sites is 1. The van der Waals surface area contributed by atoms with Gasteiger partial charge in [0.25, 0.3) is 0 Å². The average molecular weight is 203 g/mol. The molecule has 80 valence electrons. The van der Waals surface area contributed by atoms with Gasteiger partial charge in [0, 0.05) is 5.69 Å². The number of hydrogen-bond donors (Lipinski definition) is 1. The van der Waals surface area contributed by atoms with Crippen LogP contribution in [-0.4, -0.2) is 12.3 Å². The summed E-state index contributed by atoms with van der Waals surface area (Å²) in [7, 11) is 0. The number of carbonyl (C=O) groups excluding carboxylic acids is 1. The highest BCUT2D eigenvalue weighted by molar-refractivity contribution is 5.93. The van der Waals surface area contributed by atoms with E-state index in [0.717, 1.165) is 5.69 Å². The molecule has 15 heavy (non-hydrogen) atoms. The molecule has 0 saturated carbocycles. The van der Waals surface area contributed by atoms with Crippen molar-refractivity contribution in [3.8, 4) is 0 Å². The highest BCUT2D eigenvalue weighted by atomic mass is 16.1. The third kappa shape index (κ3) is 3.24. The Bertz CT molecular complexity index is 360. The smallest absolute Gasteiger partial charge is 0.174 e. The van der Waals surface area contributed by atoms with Gasteiger partial charge in [-0.3, -0.25) is 4.79 Å². The minimum Gasteiger partial charge on any atom is -0.377 e. The first-order valence-electron chi connectivity index (χ1n) is 5.10. The molecule has 0 amide bonds. The second-order valence-electron chi connectivity index (χ2n) is 3.59. The van der Waals surface area contributed by atoms with Crippen LogP contribution in [0.4, 0.5) is 5.69 Å². The number of ketones is 1. The molecule has 2 heteroatoms. The van der Waals surface area contributed by atoms with Crippen LogP contribution in [-0.2, 0) is 4.79 Å². The third-order valence-electron chi connectivity index (χ3n) is 2.27. The average Bonchev–Trinajstić information content (AvgIpc) is 2.17. The number of rotatable bonds is 4. The SMILES string of the molecule is CC=CC(=O)CNc1c(C)cccc1C. The summed E-state index contributed by atoms with van der Waals surface area (Å²) in [5.41, 5.74) is 3.40. The highest BCUT2D eigenvalue weighted by Crippen LogP contribution is 2.18. The van der Waals surface area contributed by atoms with E-state index in [1.54, 1.807) is 12.2 Å². The molecule has 0 unspecified atom stereocenters. The van der Waals surface area contributed by atoms with Crippen molar-refractivity contribution >= 4 is 11.5 Å². The summed E-state index contributed by atoms with van der Waals surface area (Å²) >= 11 is 0. The molecule has 1 aromatic rings. The molecule has 0 spiro atoms. The van der Waals surface area contributed by atoms with Crippen molar-refractivity contribution in [2.45, 2.75) is 20.8 Å². The van der Waals surface area contributed by atoms with Crippen LogP contribution in [0, 0.1) is 13.8 Å². The molecular formula is C13H17NO. The topological polar surface area (TPSA) is 29.1 Å². The van der Waals surface area contributed by atoms with Gasteiger partial charge in [0.2, 0.25) is 0 Å². The molecule has 0 atom stereocenters. The van der Waals surface area contributed by atoms with Crippen LogP contribution < -0.4 is 5.32 Å². The van der Waals surface area contributed by atoms with Gasteiger partial charge in [-0.15, -0.1) is 0 Å². The van der Waals surface area contributed by atoms with Crippen molar-refractivity contribution in [3.05, 3.63) is 41.5 Å². The zero-order valence-electron chi connectivity index (χ0n) is 9.50. The van der Waals surface area contributed by atoms with Gasteiger partial charge in [0.05, 0.1) is 6.54 Å². The van der Waals surface area contributed by atoms with Crippen LogP contribution >= 0.6 is 0 Å². The lowest BCUT2D eigenvalue weighted by molar-refractivity contribution is -0.113. The van der Waals surface area contributed by atoms with Crippen LogP contribution in [0.2, 0.25) is 0 Å². The van der Waals surface area contributed by atoms with Gasteiger partial charge in [-0.25, -0.2) is 0 Å². The number of anilines is 1. The molecule has 0 aromatic heterocycles. The molecule has 1 rings (SSSR count). The maximum absolute atomic E-state index is 11.3. The van der Waals surface area contributed by atoms with Gasteiger partial charge < -0.3 is 5.32 Å². The first-order valence-corrected chi connectivity index (χ1v) is 5.10. The largest absolute Gasteiger partial charge is 0.377 e. The van der Waals surface area contributed by atoms with E-state index >= 15 is 0 Å². The minimum atomic E-state index is 0.0974. The fourth-order valence-corrected chi connectivity index (χ4v) is 1.51. The second kappa shape index (κ2) is 5.35. The molecule has 1 N–H and O–H groups in total. The fraction of sp³-hybridized carbons (Fsp3) is 0.308. The summed E-state index contributed by atoms with van der Waals surface area (Å²) < 4.78 is 0. The van der Waals surface area contributed by atoms with E-state index in [1.165, 1.54) is 11.1 Å². The van der Waals surface area contributed by atoms with Crippen LogP contribution in [0.5, 0.6) is 0 Å². The Kier molecular flexibility index (Phi) is 4.10. The van der Waals surface area contributed by atoms with Gasteiger partial charge >= 0.3 is 0 Å². The molecule has 0 bridgehead atoms. The Balaban J connectivity index is 2.69. The maximum Gasteiger partial charge on any atom is 0.174 e. The number of carbonyl (C=O) groups is 1. The lowest BCUT2D eigenvalue weighted by atomic mass is 10.1. The van der Waals surface area contributed by atoms with E-state index in [4.69, 9.17) is 0 Å². The molecule has 0 aliphatic rings. The standard InChI is InChI=1S/C13H17NO/c1-4-6-12(15)9-14-13-10(2)7-5-8-11(13)3/h4-8,14H,9H2,1-3H3. The lowest BCUT2D eigenvalue weighted by Gasteiger charge is -2.10. The van der Waals surface area contributed by atoms with E-state index in [0.29, 0.717) is 6.54 Å². The number of benzene rings is 1. The molecule has 0 fully saturated rings. The molecule has 0 aliphatic carbocycles. The van der Waals surface area contributed by atoms with Crippen LogP contribution in [0.1, 0.15) is 18.1 Å². The van der Waals surface area contributed by atoms with Gasteiger partial charge in [-0.2, -0.15) is 0 Å². The normalized spacial score (nSPS) is 10.6. The summed E-state index contributed by atoms with van der Waals surface area (Å²) in [6.45, 7) is 6.28. The predicted octanol–water partition coefficient (Wildman–Crippen LogP) is 2.86. The molecule has 0 heterocycles. The Morgan fingerprint density at radius 3 is 2.47 bits per heavy atom. The summed E-state index contributed by atoms with van der Waals surface area (Å²) in [6, 6.07) is 6.09. The predicted molar refractivity (Wildman–Crippen MR) is 64.2 cm³/mol. The zero-order chi connectivity index (χ0) is 11.3. The van der Waals surface area contributed by atoms with Crippen molar-refractivity contribution in [1.82, 2.24) is 0 Å². The minimum absolute atomic E-state index is 0.0974. The van der Waals surface area contributed by atoms with Crippen LogP contribution in [0.25, 0.3) is 0 Å². The van der Waals surface area contributed by atoms with Crippen LogP contribution in [0.15, 0.2) is 30.4 Å². The van der Waals surface area contributed by atoms with Gasteiger partial charge in [0.15, 0.2) is 5.78 Å². The summed E-state index contributed by atoms with van der Waals surface area (Å²) in [5.74, 6) is 0.0974. The van der Waals surface area contributed by atoms with Crippen LogP contribution in [0.3, 0.4) is 0 Å². The quantitative estimate of drug-likeness (QED) is 0.762. The summed E-state index contributed by atoms with van der Waals surface area (Å²) in [5, 5.41) is 3.16. The van der Waals surface area contributed by atoms with E-state index in [1.807, 2.05) is 39.0 Å². The number of aryl methyl sites for hydroxylation is 2. The molecule has 0 aliphatic heterocycles. The van der Waals surface area contributed by atoms with Crippen molar-refractivity contribution in [3.63, 3.8) is 0 Å². The monoisotopic (exact) mass is 203 g/mol. The Morgan fingerprint density at radius 1 is 1.33 bits per heavy atom. The van der Waals surface area contributed by atoms with E-state index in [9.17, 15) is 4.79 Å². The Hall–Kier alpha value is -1.57. The van der Waals surface area contributed by atoms with E-state index < -0.39 is 0 Å². The molecule has 0 radical (unpaired) electrons. The summed E-state index contributed by atoms with van der Waals surface area (Å²) in [6.07, 6.45) is 3.34. The van der Waals surface area contributed by atoms with Gasteiger partial charge in [-0.05, 0) is 38.0 Å². The van der Waals surface area contributed by atoms with Crippen molar-refractivity contribution in [2.24, 2.45) is 0 Å². The summed E-state index contributed by atoms with van der Waals surface area (Å²) in [4.78, 5) is 11.3. The zero-order valence-corrected chi connectivity index (χ0v) is 9.50. The Labute approximate surface area is 91.0 Å². The van der Waals surface area contributed by atoms with Gasteiger partial charge in [-0.1, -0.05) is 24.3 Å². The molecule has 0 saturated heterocycles. The Morgan fingerprint density at radius 2 is 1.93 bits per heavy atom. The lowest BCUT2D eigenvalue weighted by Crippen LogP contribution is -2.12. The highest BCUT2D eigenvalue weighted by Gasteiger charge is 2.02. The molecule has 1 aromatic carbocycles. The second-order valence-corrected chi connectivity index (χ2v) is 3.59. The van der Waals surface area contributed by atoms with E-state index in [2.05, 4.69) is 5.32 Å². The fourth-order valence-electron chi connectivity index (χ4n) is 1.51. The van der Waals surface area contributed by atoms with Crippen molar-refractivity contribution < 1.29 is 4.79 Å². The number of nitrogens with one attached hydrogen (secondary N) is 1. The van der Waals surface area contributed by atoms with E-state index in [-0.39, 0.29) is 5.78 Å². The first-order chi connectivity index (χ1) is 7.15. The third-order valence-corrected chi connectivity index (χ3v) is 2.27. The van der Waals surface area contributed by atoms with Crippen molar-refractivity contribution in [1.29, 1.82) is 0 Å². The van der Waals surface area contributed by atoms with Gasteiger partial charge in [0.1, 0.15) is 0 Å².